The number of nitriles is 1. The third-order valence-electron chi connectivity index (χ3n) is 7.39. The van der Waals surface area contributed by atoms with E-state index in [1.165, 1.54) is 0 Å². The van der Waals surface area contributed by atoms with Crippen molar-refractivity contribution >= 4 is 9.84 Å². The topological polar surface area (TPSA) is 94.0 Å². The van der Waals surface area contributed by atoms with Gasteiger partial charge in [-0.05, 0) is 87.0 Å². The minimum atomic E-state index is -3.33. The quantitative estimate of drug-likeness (QED) is 0.576. The maximum atomic E-state index is 15.3. The molecule has 34 heavy (non-hydrogen) atoms. The number of nitrogens with zero attached hydrogens (tertiary/aromatic N) is 1. The summed E-state index contributed by atoms with van der Waals surface area (Å²) >= 11 is 0. The molecule has 1 saturated carbocycles. The van der Waals surface area contributed by atoms with Crippen LogP contribution in [-0.4, -0.2) is 26.8 Å². The van der Waals surface area contributed by atoms with E-state index in [1.807, 2.05) is 32.2 Å². The van der Waals surface area contributed by atoms with Crippen LogP contribution in [0.25, 0.3) is 0 Å². The van der Waals surface area contributed by atoms with Crippen LogP contribution in [0.15, 0.2) is 41.3 Å². The van der Waals surface area contributed by atoms with E-state index in [-0.39, 0.29) is 35.7 Å². The molecule has 4 rings (SSSR count). The lowest BCUT2D eigenvalue weighted by atomic mass is 9.66. The lowest BCUT2D eigenvalue weighted by Gasteiger charge is -2.37. The van der Waals surface area contributed by atoms with Gasteiger partial charge in [-0.2, -0.15) is 5.26 Å². The molecule has 1 aliphatic carbocycles. The Kier molecular flexibility index (Phi) is 7.11. The molecule has 3 N–H and O–H groups in total. The number of nitrogens with one attached hydrogen (secondary N) is 3. The van der Waals surface area contributed by atoms with Gasteiger partial charge in [0, 0.05) is 18.5 Å². The number of hydrazine groups is 1. The van der Waals surface area contributed by atoms with Crippen LogP contribution < -0.4 is 16.2 Å². The van der Waals surface area contributed by atoms with Gasteiger partial charge in [-0.15, -0.1) is 0 Å². The molecule has 182 valence electrons. The molecule has 8 heteroatoms. The fraction of sp³-hybridized carbons (Fsp3) is 0.500. The molecule has 0 spiro atoms. The molecule has 0 radical (unpaired) electrons. The molecule has 0 amide bonds. The third-order valence-corrected chi connectivity index (χ3v) is 9.56. The summed E-state index contributed by atoms with van der Waals surface area (Å²) in [6.45, 7) is 5.87. The molecular formula is C26H33FN4O2S. The first-order valence-electron chi connectivity index (χ1n) is 11.8. The lowest BCUT2D eigenvalue weighted by molar-refractivity contribution is 0.234. The van der Waals surface area contributed by atoms with E-state index >= 15 is 4.39 Å². The van der Waals surface area contributed by atoms with Crippen LogP contribution in [0.5, 0.6) is 0 Å². The van der Waals surface area contributed by atoms with Crippen molar-refractivity contribution in [1.82, 2.24) is 16.2 Å². The van der Waals surface area contributed by atoms with E-state index < -0.39 is 15.1 Å². The van der Waals surface area contributed by atoms with Crippen LogP contribution in [-0.2, 0) is 16.4 Å². The molecule has 5 atom stereocenters. The average molecular weight is 485 g/mol. The standard InChI is InChI=1S/C26H33FN4O2S/c1-15(2)34(32,33)20-7-5-18(6-8-20)26-22-12-21(19(13-28)11-24(22)30-31-26)25-16(3)9-17(14-29-4)10-23(25)27/h5-10,15,19,21-22,24,26,29-31H,11-12,14H2,1-4H3. The Bertz CT molecular complexity index is 1170. The zero-order valence-corrected chi connectivity index (χ0v) is 20.9. The molecule has 2 fully saturated rings. The molecule has 0 bridgehead atoms. The Labute approximate surface area is 201 Å². The van der Waals surface area contributed by atoms with Crippen LogP contribution in [0.4, 0.5) is 4.39 Å². The molecule has 0 aromatic heterocycles. The monoisotopic (exact) mass is 484 g/mol. The van der Waals surface area contributed by atoms with E-state index in [2.05, 4.69) is 22.2 Å². The number of hydrogen-bond donors (Lipinski definition) is 3. The summed E-state index contributed by atoms with van der Waals surface area (Å²) in [7, 11) is -1.50. The second kappa shape index (κ2) is 9.74. The Morgan fingerprint density at radius 1 is 1.18 bits per heavy atom. The molecule has 5 unspecified atom stereocenters. The van der Waals surface area contributed by atoms with Crippen LogP contribution in [0, 0.1) is 35.9 Å². The zero-order chi connectivity index (χ0) is 24.6. The fourth-order valence-corrected chi connectivity index (χ4v) is 6.66. The highest BCUT2D eigenvalue weighted by Crippen LogP contribution is 2.48. The smallest absolute Gasteiger partial charge is 0.180 e. The van der Waals surface area contributed by atoms with E-state index in [4.69, 9.17) is 0 Å². The van der Waals surface area contributed by atoms with Crippen LogP contribution in [0.1, 0.15) is 60.9 Å². The van der Waals surface area contributed by atoms with Crippen molar-refractivity contribution in [2.75, 3.05) is 7.05 Å². The van der Waals surface area contributed by atoms with Crippen molar-refractivity contribution in [3.8, 4) is 6.07 Å². The molecular weight excluding hydrogens is 451 g/mol. The van der Waals surface area contributed by atoms with Gasteiger partial charge < -0.3 is 5.32 Å². The third kappa shape index (κ3) is 4.50. The van der Waals surface area contributed by atoms with Gasteiger partial charge in [0.2, 0.25) is 0 Å². The van der Waals surface area contributed by atoms with Crippen LogP contribution >= 0.6 is 0 Å². The van der Waals surface area contributed by atoms with Crippen molar-refractivity contribution in [2.45, 2.75) is 68.3 Å². The molecule has 1 aliphatic heterocycles. The highest BCUT2D eigenvalue weighted by Gasteiger charge is 2.46. The summed E-state index contributed by atoms with van der Waals surface area (Å²) in [6, 6.07) is 13.1. The van der Waals surface area contributed by atoms with Gasteiger partial charge in [-0.3, -0.25) is 5.43 Å². The number of sulfone groups is 1. The van der Waals surface area contributed by atoms with Gasteiger partial charge in [0.1, 0.15) is 5.82 Å². The summed E-state index contributed by atoms with van der Waals surface area (Å²) in [5.41, 5.74) is 10.1. The van der Waals surface area contributed by atoms with Gasteiger partial charge in [0.25, 0.3) is 0 Å². The van der Waals surface area contributed by atoms with Crippen molar-refractivity contribution in [3.05, 3.63) is 64.5 Å². The average Bonchev–Trinajstić information content (AvgIpc) is 3.21. The van der Waals surface area contributed by atoms with Gasteiger partial charge in [0.05, 0.1) is 28.2 Å². The first kappa shape index (κ1) is 24.8. The minimum absolute atomic E-state index is 0.0464. The predicted molar refractivity (Wildman–Crippen MR) is 130 cm³/mol. The number of rotatable bonds is 6. The first-order chi connectivity index (χ1) is 16.2. The van der Waals surface area contributed by atoms with E-state index in [9.17, 15) is 13.7 Å². The number of hydrogen-bond acceptors (Lipinski definition) is 6. The van der Waals surface area contributed by atoms with Crippen molar-refractivity contribution in [2.24, 2.45) is 11.8 Å². The van der Waals surface area contributed by atoms with Gasteiger partial charge >= 0.3 is 0 Å². The number of benzene rings is 2. The largest absolute Gasteiger partial charge is 0.316 e. The van der Waals surface area contributed by atoms with Gasteiger partial charge in [0.15, 0.2) is 9.84 Å². The lowest BCUT2D eigenvalue weighted by Crippen LogP contribution is -2.39. The Balaban J connectivity index is 1.63. The highest BCUT2D eigenvalue weighted by molar-refractivity contribution is 7.92. The SMILES string of the molecule is CNCc1cc(C)c(C2CC3C(CC2C#N)NNC3c2ccc(S(=O)(=O)C(C)C)cc2)c(F)c1. The summed E-state index contributed by atoms with van der Waals surface area (Å²) < 4.78 is 40.3. The molecule has 6 nitrogen and oxygen atoms in total. The summed E-state index contributed by atoms with van der Waals surface area (Å²) in [5.74, 6) is -0.568. The summed E-state index contributed by atoms with van der Waals surface area (Å²) in [4.78, 5) is 0.319. The number of aryl methyl sites for hydroxylation is 1. The van der Waals surface area contributed by atoms with Gasteiger partial charge in [-0.25, -0.2) is 18.2 Å². The fourth-order valence-electron chi connectivity index (χ4n) is 5.60. The Morgan fingerprint density at radius 2 is 1.88 bits per heavy atom. The predicted octanol–water partition coefficient (Wildman–Crippen LogP) is 3.89. The van der Waals surface area contributed by atoms with Gasteiger partial charge in [-0.1, -0.05) is 18.2 Å². The molecule has 2 aromatic rings. The minimum Gasteiger partial charge on any atom is -0.316 e. The highest BCUT2D eigenvalue weighted by atomic mass is 32.2. The second-order valence-corrected chi connectivity index (χ2v) is 12.4. The van der Waals surface area contributed by atoms with Crippen molar-refractivity contribution in [3.63, 3.8) is 0 Å². The molecule has 2 aliphatic rings. The van der Waals surface area contributed by atoms with E-state index in [1.54, 1.807) is 32.0 Å². The van der Waals surface area contributed by atoms with Crippen LogP contribution in [0.2, 0.25) is 0 Å². The number of halogens is 1. The second-order valence-electron chi connectivity index (χ2n) is 9.85. The summed E-state index contributed by atoms with van der Waals surface area (Å²) in [5, 5.41) is 12.5. The van der Waals surface area contributed by atoms with Crippen molar-refractivity contribution in [1.29, 1.82) is 5.26 Å². The van der Waals surface area contributed by atoms with Crippen LogP contribution in [0.3, 0.4) is 0 Å². The molecule has 1 saturated heterocycles. The van der Waals surface area contributed by atoms with Crippen molar-refractivity contribution < 1.29 is 12.8 Å². The maximum Gasteiger partial charge on any atom is 0.180 e. The zero-order valence-electron chi connectivity index (χ0n) is 20.1. The van der Waals surface area contributed by atoms with E-state index in [0.29, 0.717) is 29.8 Å². The summed E-state index contributed by atoms with van der Waals surface area (Å²) in [6.07, 6.45) is 1.30. The normalized spacial score (nSPS) is 26.9. The Morgan fingerprint density at radius 3 is 2.47 bits per heavy atom. The number of fused-ring (bicyclic) bond motifs is 1. The first-order valence-corrected chi connectivity index (χ1v) is 13.4. The van der Waals surface area contributed by atoms with E-state index in [0.717, 1.165) is 16.7 Å². The Hall–Kier alpha value is -2.31. The maximum absolute atomic E-state index is 15.3. The molecule has 1 heterocycles. The molecule has 2 aromatic carbocycles.